The molecule has 110 valence electrons. The quantitative estimate of drug-likeness (QED) is 0.890. The van der Waals surface area contributed by atoms with E-state index >= 15 is 0 Å². The number of anilines is 2. The number of benzene rings is 1. The maximum absolute atomic E-state index is 12.3. The Morgan fingerprint density at radius 2 is 1.70 bits per heavy atom. The summed E-state index contributed by atoms with van der Waals surface area (Å²) in [6.45, 7) is 9.99. The summed E-state index contributed by atoms with van der Waals surface area (Å²) in [5, 5.41) is 5.54. The fourth-order valence-corrected chi connectivity index (χ4v) is 1.99. The number of rotatable bonds is 3. The highest BCUT2D eigenvalue weighted by Crippen LogP contribution is 2.18. The van der Waals surface area contributed by atoms with Crippen molar-refractivity contribution in [3.8, 4) is 0 Å². The van der Waals surface area contributed by atoms with Crippen molar-refractivity contribution in [2.75, 3.05) is 17.2 Å². The van der Waals surface area contributed by atoms with Crippen LogP contribution in [0.25, 0.3) is 0 Å². The van der Waals surface area contributed by atoms with Gasteiger partial charge < -0.3 is 15.5 Å². The number of carbonyl (C=O) groups excluding carboxylic acids is 2. The van der Waals surface area contributed by atoms with Gasteiger partial charge in [0.15, 0.2) is 0 Å². The number of urea groups is 1. The maximum atomic E-state index is 12.3. The number of nitrogens with one attached hydrogen (secondary N) is 2. The van der Waals surface area contributed by atoms with Crippen LogP contribution in [-0.4, -0.2) is 28.9 Å². The first-order chi connectivity index (χ1) is 9.24. The monoisotopic (exact) mass is 277 g/mol. The number of hydrogen-bond donors (Lipinski definition) is 2. The molecule has 0 heterocycles. The van der Waals surface area contributed by atoms with E-state index < -0.39 is 0 Å². The molecule has 1 aromatic carbocycles. The fraction of sp³-hybridized carbons (Fsp3) is 0.467. The lowest BCUT2D eigenvalue weighted by Gasteiger charge is -2.34. The minimum atomic E-state index is -0.242. The van der Waals surface area contributed by atoms with Crippen LogP contribution in [0.3, 0.4) is 0 Å². The molecule has 5 nitrogen and oxygen atoms in total. The van der Waals surface area contributed by atoms with Gasteiger partial charge >= 0.3 is 6.03 Å². The second kappa shape index (κ2) is 6.41. The summed E-state index contributed by atoms with van der Waals surface area (Å²) in [5.41, 5.74) is 1.08. The first kappa shape index (κ1) is 16.0. The molecule has 0 saturated heterocycles. The molecule has 20 heavy (non-hydrogen) atoms. The van der Waals surface area contributed by atoms with Crippen LogP contribution in [0.5, 0.6) is 0 Å². The highest BCUT2D eigenvalue weighted by Gasteiger charge is 2.24. The fourth-order valence-electron chi connectivity index (χ4n) is 1.99. The number of amides is 3. The normalized spacial score (nSPS) is 10.8. The highest BCUT2D eigenvalue weighted by atomic mass is 16.2. The van der Waals surface area contributed by atoms with E-state index in [1.807, 2.05) is 27.7 Å². The Hall–Kier alpha value is -2.04. The van der Waals surface area contributed by atoms with Gasteiger partial charge in [-0.05, 0) is 45.9 Å². The van der Waals surface area contributed by atoms with E-state index in [0.717, 1.165) is 0 Å². The van der Waals surface area contributed by atoms with Gasteiger partial charge in [-0.2, -0.15) is 0 Å². The minimum absolute atomic E-state index is 0.140. The summed E-state index contributed by atoms with van der Waals surface area (Å²) in [4.78, 5) is 25.0. The van der Waals surface area contributed by atoms with Gasteiger partial charge in [0, 0.05) is 30.4 Å². The Morgan fingerprint density at radius 1 is 1.15 bits per heavy atom. The first-order valence-electron chi connectivity index (χ1n) is 6.70. The molecule has 2 N–H and O–H groups in total. The number of nitrogens with zero attached hydrogens (tertiary/aromatic N) is 1. The molecule has 1 aromatic rings. The van der Waals surface area contributed by atoms with E-state index in [1.165, 1.54) is 6.92 Å². The topological polar surface area (TPSA) is 61.4 Å². The van der Waals surface area contributed by atoms with E-state index in [0.29, 0.717) is 17.9 Å². The average Bonchev–Trinajstić information content (AvgIpc) is 2.26. The molecule has 0 fully saturated rings. The molecular formula is C15H23N3O2. The van der Waals surface area contributed by atoms with Gasteiger partial charge in [0.2, 0.25) is 5.91 Å². The van der Waals surface area contributed by atoms with Crippen molar-refractivity contribution in [3.63, 3.8) is 0 Å². The maximum Gasteiger partial charge on any atom is 0.322 e. The van der Waals surface area contributed by atoms with Crippen molar-refractivity contribution in [3.05, 3.63) is 24.3 Å². The third-order valence-electron chi connectivity index (χ3n) is 2.81. The van der Waals surface area contributed by atoms with Crippen molar-refractivity contribution >= 4 is 23.3 Å². The summed E-state index contributed by atoms with van der Waals surface area (Å²) in [6.07, 6.45) is 0. The molecular weight excluding hydrogens is 254 g/mol. The van der Waals surface area contributed by atoms with Crippen molar-refractivity contribution in [1.29, 1.82) is 0 Å². The zero-order valence-electron chi connectivity index (χ0n) is 12.8. The summed E-state index contributed by atoms with van der Waals surface area (Å²) in [5.74, 6) is -0.140. The zero-order valence-corrected chi connectivity index (χ0v) is 12.8. The van der Waals surface area contributed by atoms with Gasteiger partial charge in [-0.1, -0.05) is 6.07 Å². The van der Waals surface area contributed by atoms with Crippen LogP contribution >= 0.6 is 0 Å². The Morgan fingerprint density at radius 3 is 2.15 bits per heavy atom. The van der Waals surface area contributed by atoms with Crippen LogP contribution in [0.2, 0.25) is 0 Å². The minimum Gasteiger partial charge on any atom is -0.326 e. The molecule has 0 aliphatic carbocycles. The summed E-state index contributed by atoms with van der Waals surface area (Å²) in [6, 6.07) is 6.93. The van der Waals surface area contributed by atoms with Crippen molar-refractivity contribution in [1.82, 2.24) is 4.90 Å². The summed E-state index contributed by atoms with van der Waals surface area (Å²) in [7, 11) is 0. The lowest BCUT2D eigenvalue weighted by atomic mass is 10.1. The predicted octanol–water partition coefficient (Wildman–Crippen LogP) is 3.30. The Labute approximate surface area is 120 Å². The van der Waals surface area contributed by atoms with Crippen molar-refractivity contribution in [2.45, 2.75) is 40.2 Å². The third kappa shape index (κ3) is 4.57. The zero-order chi connectivity index (χ0) is 15.3. The van der Waals surface area contributed by atoms with Crippen LogP contribution in [0.15, 0.2) is 24.3 Å². The molecule has 0 unspecified atom stereocenters. The molecule has 5 heteroatoms. The van der Waals surface area contributed by atoms with Crippen LogP contribution in [0.4, 0.5) is 16.2 Å². The second-order valence-corrected chi connectivity index (χ2v) is 5.61. The van der Waals surface area contributed by atoms with Crippen LogP contribution in [0, 0.1) is 0 Å². The second-order valence-electron chi connectivity index (χ2n) is 5.61. The Bertz CT molecular complexity index is 492. The molecule has 0 aliphatic heterocycles. The summed E-state index contributed by atoms with van der Waals surface area (Å²) < 4.78 is 0. The van der Waals surface area contributed by atoms with Gasteiger partial charge in [0.05, 0.1) is 0 Å². The Balaban J connectivity index is 2.82. The molecule has 0 spiro atoms. The standard InChI is InChI=1S/C15H23N3O2/c1-6-18(15(3,4)5)14(20)17-13-9-7-8-12(10-13)16-11(2)19/h7-10H,6H2,1-5H3,(H,16,19)(H,17,20). The van der Waals surface area contributed by atoms with Gasteiger partial charge in [-0.15, -0.1) is 0 Å². The van der Waals surface area contributed by atoms with Crippen LogP contribution < -0.4 is 10.6 Å². The molecule has 0 bridgehead atoms. The highest BCUT2D eigenvalue weighted by molar-refractivity contribution is 5.92. The molecule has 3 amide bonds. The lowest BCUT2D eigenvalue weighted by Crippen LogP contribution is -2.47. The number of carbonyl (C=O) groups is 2. The van der Waals surface area contributed by atoms with E-state index in [9.17, 15) is 9.59 Å². The van der Waals surface area contributed by atoms with Crippen molar-refractivity contribution in [2.24, 2.45) is 0 Å². The van der Waals surface area contributed by atoms with Gasteiger partial charge in [-0.3, -0.25) is 4.79 Å². The first-order valence-corrected chi connectivity index (χ1v) is 6.70. The smallest absolute Gasteiger partial charge is 0.322 e. The lowest BCUT2D eigenvalue weighted by molar-refractivity contribution is -0.114. The largest absolute Gasteiger partial charge is 0.326 e. The molecule has 0 atom stereocenters. The molecule has 0 saturated carbocycles. The van der Waals surface area contributed by atoms with Gasteiger partial charge in [0.25, 0.3) is 0 Å². The van der Waals surface area contributed by atoms with E-state index in [2.05, 4.69) is 10.6 Å². The van der Waals surface area contributed by atoms with Crippen molar-refractivity contribution < 1.29 is 9.59 Å². The molecule has 0 radical (unpaired) electrons. The van der Waals surface area contributed by atoms with Gasteiger partial charge in [0.1, 0.15) is 0 Å². The predicted molar refractivity (Wildman–Crippen MR) is 81.9 cm³/mol. The van der Waals surface area contributed by atoms with E-state index in [4.69, 9.17) is 0 Å². The van der Waals surface area contributed by atoms with E-state index in [1.54, 1.807) is 29.2 Å². The van der Waals surface area contributed by atoms with Crippen LogP contribution in [0.1, 0.15) is 34.6 Å². The molecule has 0 aliphatic rings. The SMILES string of the molecule is CCN(C(=O)Nc1cccc(NC(C)=O)c1)C(C)(C)C. The number of hydrogen-bond acceptors (Lipinski definition) is 2. The van der Waals surface area contributed by atoms with Crippen LogP contribution in [-0.2, 0) is 4.79 Å². The molecule has 0 aromatic heterocycles. The third-order valence-corrected chi connectivity index (χ3v) is 2.81. The van der Waals surface area contributed by atoms with Gasteiger partial charge in [-0.25, -0.2) is 4.79 Å². The molecule has 1 rings (SSSR count). The average molecular weight is 277 g/mol. The summed E-state index contributed by atoms with van der Waals surface area (Å²) >= 11 is 0. The van der Waals surface area contributed by atoms with E-state index in [-0.39, 0.29) is 17.5 Å². The Kier molecular flexibility index (Phi) is 5.13.